The molecule has 0 spiro atoms. The summed E-state index contributed by atoms with van der Waals surface area (Å²) in [5.74, 6) is 0.691. The van der Waals surface area contributed by atoms with Crippen LogP contribution in [0.1, 0.15) is 5.56 Å². The van der Waals surface area contributed by atoms with Crippen LogP contribution in [0.4, 0.5) is 0 Å². The smallest absolute Gasteiger partial charge is 0.160 e. The Bertz CT molecular complexity index is 2800. The highest BCUT2D eigenvalue weighted by Gasteiger charge is 2.16. The van der Waals surface area contributed by atoms with Crippen LogP contribution in [0.25, 0.3) is 100 Å². The van der Waals surface area contributed by atoms with E-state index in [0.717, 1.165) is 99.8 Å². The van der Waals surface area contributed by atoms with E-state index in [0.29, 0.717) is 5.82 Å². The molecule has 0 amide bonds. The van der Waals surface area contributed by atoms with Crippen molar-refractivity contribution in [1.29, 1.82) is 0 Å². The predicted octanol–water partition coefficient (Wildman–Crippen LogP) is 12.9. The number of furan rings is 2. The van der Waals surface area contributed by atoms with Gasteiger partial charge in [-0.25, -0.2) is 9.97 Å². The number of para-hydroxylation sites is 2. The Labute approximate surface area is 294 Å². The molecule has 0 saturated carbocycles. The van der Waals surface area contributed by atoms with Crippen LogP contribution < -0.4 is 0 Å². The molecule has 10 rings (SSSR count). The summed E-state index contributed by atoms with van der Waals surface area (Å²) in [6.45, 7) is 2.13. The van der Waals surface area contributed by atoms with E-state index in [1.54, 1.807) is 0 Å². The first kappa shape index (κ1) is 29.2. The molecule has 0 fully saturated rings. The van der Waals surface area contributed by atoms with Crippen molar-refractivity contribution in [1.82, 2.24) is 9.97 Å². The molecule has 240 valence electrons. The van der Waals surface area contributed by atoms with E-state index in [-0.39, 0.29) is 0 Å². The third kappa shape index (κ3) is 5.08. The van der Waals surface area contributed by atoms with E-state index in [4.69, 9.17) is 18.8 Å². The summed E-state index contributed by atoms with van der Waals surface area (Å²) < 4.78 is 12.4. The number of benzene rings is 7. The summed E-state index contributed by atoms with van der Waals surface area (Å²) in [6, 6.07) is 56.9. The molecule has 51 heavy (non-hydrogen) atoms. The van der Waals surface area contributed by atoms with Crippen LogP contribution in [-0.2, 0) is 0 Å². The highest BCUT2D eigenvalue weighted by molar-refractivity contribution is 6.07. The summed E-state index contributed by atoms with van der Waals surface area (Å²) in [5, 5.41) is 4.40. The zero-order valence-corrected chi connectivity index (χ0v) is 27.8. The van der Waals surface area contributed by atoms with Crippen molar-refractivity contribution in [2.45, 2.75) is 6.92 Å². The molecule has 0 radical (unpaired) electrons. The van der Waals surface area contributed by atoms with Crippen LogP contribution in [0.3, 0.4) is 0 Å². The minimum atomic E-state index is 0.691. The van der Waals surface area contributed by atoms with Gasteiger partial charge in [-0.05, 0) is 95.4 Å². The van der Waals surface area contributed by atoms with Crippen LogP contribution >= 0.6 is 0 Å². The summed E-state index contributed by atoms with van der Waals surface area (Å²) in [5.41, 5.74) is 13.9. The monoisotopic (exact) mass is 654 g/mol. The molecule has 7 aromatic carbocycles. The van der Waals surface area contributed by atoms with E-state index in [1.807, 2.05) is 42.5 Å². The lowest BCUT2D eigenvalue weighted by Crippen LogP contribution is -1.97. The van der Waals surface area contributed by atoms with Crippen molar-refractivity contribution < 1.29 is 8.83 Å². The number of aromatic nitrogens is 2. The molecule has 0 N–H and O–H groups in total. The Balaban J connectivity index is 1.22. The molecule has 0 saturated heterocycles. The van der Waals surface area contributed by atoms with Gasteiger partial charge in [0.1, 0.15) is 22.3 Å². The van der Waals surface area contributed by atoms with Crippen molar-refractivity contribution in [2.75, 3.05) is 0 Å². The van der Waals surface area contributed by atoms with Gasteiger partial charge in [0.25, 0.3) is 0 Å². The van der Waals surface area contributed by atoms with Crippen LogP contribution in [0.5, 0.6) is 0 Å². The first-order valence-electron chi connectivity index (χ1n) is 17.1. The summed E-state index contributed by atoms with van der Waals surface area (Å²) in [4.78, 5) is 10.3. The summed E-state index contributed by atoms with van der Waals surface area (Å²) in [7, 11) is 0. The maximum absolute atomic E-state index is 6.19. The number of aryl methyl sites for hydroxylation is 1. The molecule has 10 aromatic rings. The van der Waals surface area contributed by atoms with Gasteiger partial charge in [0.2, 0.25) is 0 Å². The Morgan fingerprint density at radius 2 is 0.863 bits per heavy atom. The van der Waals surface area contributed by atoms with Crippen molar-refractivity contribution in [3.63, 3.8) is 0 Å². The molecule has 0 aliphatic carbocycles. The fourth-order valence-electron chi connectivity index (χ4n) is 7.23. The van der Waals surface area contributed by atoms with Gasteiger partial charge in [0.15, 0.2) is 5.82 Å². The van der Waals surface area contributed by atoms with E-state index in [2.05, 4.69) is 128 Å². The third-order valence-corrected chi connectivity index (χ3v) is 9.83. The third-order valence-electron chi connectivity index (χ3n) is 9.83. The van der Waals surface area contributed by atoms with Gasteiger partial charge in [0, 0.05) is 38.2 Å². The van der Waals surface area contributed by atoms with Crippen LogP contribution in [-0.4, -0.2) is 9.97 Å². The van der Waals surface area contributed by atoms with E-state index < -0.39 is 0 Å². The first-order chi connectivity index (χ1) is 25.1. The molecule has 0 unspecified atom stereocenters. The van der Waals surface area contributed by atoms with Crippen molar-refractivity contribution in [3.05, 3.63) is 169 Å². The second-order valence-electron chi connectivity index (χ2n) is 13.1. The lowest BCUT2D eigenvalue weighted by atomic mass is 9.93. The number of fused-ring (bicyclic) bond motifs is 6. The molecular weight excluding hydrogens is 625 g/mol. The Morgan fingerprint density at radius 1 is 0.353 bits per heavy atom. The molecule has 4 heteroatoms. The maximum Gasteiger partial charge on any atom is 0.160 e. The standard InChI is InChI=1S/C47H30N2O2/c1-29-11-5-6-14-36(29)42-28-41(48-47(49-42)30-12-3-2-4-13-30)35-24-33(31-19-21-45-39(26-31)37-15-7-9-17-43(37)50-45)23-34(25-35)32-20-22-46-40(27-32)38-16-8-10-18-44(38)51-46/h2-28H,1H3. The fourth-order valence-corrected chi connectivity index (χ4v) is 7.23. The van der Waals surface area contributed by atoms with Gasteiger partial charge < -0.3 is 8.83 Å². The summed E-state index contributed by atoms with van der Waals surface area (Å²) >= 11 is 0. The lowest BCUT2D eigenvalue weighted by molar-refractivity contribution is 0.668. The minimum absolute atomic E-state index is 0.691. The zero-order valence-electron chi connectivity index (χ0n) is 27.8. The maximum atomic E-state index is 6.19. The zero-order chi connectivity index (χ0) is 33.9. The minimum Gasteiger partial charge on any atom is -0.456 e. The number of hydrogen-bond acceptors (Lipinski definition) is 4. The van der Waals surface area contributed by atoms with Gasteiger partial charge in [-0.15, -0.1) is 0 Å². The average molecular weight is 655 g/mol. The second kappa shape index (κ2) is 11.7. The highest BCUT2D eigenvalue weighted by Crippen LogP contribution is 2.39. The molecule has 0 aliphatic rings. The quantitative estimate of drug-likeness (QED) is 0.185. The number of rotatable bonds is 5. The SMILES string of the molecule is Cc1ccccc1-c1cc(-c2cc(-c3ccc4oc5ccccc5c4c3)cc(-c3ccc4oc5ccccc5c4c3)c2)nc(-c2ccccc2)n1. The number of hydrogen-bond donors (Lipinski definition) is 0. The largest absolute Gasteiger partial charge is 0.456 e. The van der Waals surface area contributed by atoms with Crippen LogP contribution in [0, 0.1) is 6.92 Å². The molecule has 4 nitrogen and oxygen atoms in total. The van der Waals surface area contributed by atoms with E-state index >= 15 is 0 Å². The summed E-state index contributed by atoms with van der Waals surface area (Å²) in [6.07, 6.45) is 0. The van der Waals surface area contributed by atoms with Crippen molar-refractivity contribution in [2.24, 2.45) is 0 Å². The Hall–Kier alpha value is -6.78. The Morgan fingerprint density at radius 3 is 1.49 bits per heavy atom. The van der Waals surface area contributed by atoms with Crippen LogP contribution in [0.2, 0.25) is 0 Å². The second-order valence-corrected chi connectivity index (χ2v) is 13.1. The van der Waals surface area contributed by atoms with Gasteiger partial charge in [-0.1, -0.05) is 103 Å². The lowest BCUT2D eigenvalue weighted by Gasteiger charge is -2.14. The molecule has 0 atom stereocenters. The predicted molar refractivity (Wildman–Crippen MR) is 209 cm³/mol. The molecular formula is C47H30N2O2. The molecule has 3 aromatic heterocycles. The highest BCUT2D eigenvalue weighted by atomic mass is 16.3. The van der Waals surface area contributed by atoms with E-state index in [9.17, 15) is 0 Å². The Kier molecular flexibility index (Phi) is 6.68. The average Bonchev–Trinajstić information content (AvgIpc) is 3.76. The fraction of sp³-hybridized carbons (Fsp3) is 0.0213. The van der Waals surface area contributed by atoms with E-state index in [1.165, 1.54) is 0 Å². The molecule has 0 bridgehead atoms. The van der Waals surface area contributed by atoms with Gasteiger partial charge in [0.05, 0.1) is 11.4 Å². The molecule has 3 heterocycles. The van der Waals surface area contributed by atoms with Gasteiger partial charge in [-0.2, -0.15) is 0 Å². The van der Waals surface area contributed by atoms with Crippen molar-refractivity contribution in [3.8, 4) is 56.2 Å². The van der Waals surface area contributed by atoms with Gasteiger partial charge in [-0.3, -0.25) is 0 Å². The van der Waals surface area contributed by atoms with Crippen LogP contribution in [0.15, 0.2) is 173 Å². The topological polar surface area (TPSA) is 52.1 Å². The number of nitrogens with zero attached hydrogens (tertiary/aromatic N) is 2. The van der Waals surface area contributed by atoms with Gasteiger partial charge >= 0.3 is 0 Å². The van der Waals surface area contributed by atoms with Crippen molar-refractivity contribution >= 4 is 43.9 Å². The molecule has 0 aliphatic heterocycles. The normalized spacial score (nSPS) is 11.6. The first-order valence-corrected chi connectivity index (χ1v) is 17.1.